The van der Waals surface area contributed by atoms with E-state index in [1.54, 1.807) is 72.0 Å². The van der Waals surface area contributed by atoms with E-state index in [9.17, 15) is 58.5 Å². The number of fused-ring (bicyclic) bond motifs is 7. The summed E-state index contributed by atoms with van der Waals surface area (Å²) in [5.74, 6) is -18.1. The highest BCUT2D eigenvalue weighted by atomic mass is 33.1. The second kappa shape index (κ2) is 50.3. The number of ketones is 5. The molecule has 4 aromatic rings. The third kappa shape index (κ3) is 30.1. The number of aliphatic hydroxyl groups excluding tert-OH is 1. The number of aromatic nitrogens is 3. The van der Waals surface area contributed by atoms with Gasteiger partial charge in [0.15, 0.2) is 23.1 Å². The highest BCUT2D eigenvalue weighted by Crippen LogP contribution is 2.69. The molecule has 2 aromatic heterocycles. The van der Waals surface area contributed by atoms with Gasteiger partial charge in [-0.1, -0.05) is 172 Å². The van der Waals surface area contributed by atoms with Crippen molar-refractivity contribution in [2.45, 2.75) is 312 Å². The van der Waals surface area contributed by atoms with E-state index in [1.165, 1.54) is 71.3 Å². The number of nitrogens with two attached hydrogens (primary N) is 1. The number of hydrogen-bond donors (Lipinski definition) is 14. The summed E-state index contributed by atoms with van der Waals surface area (Å²) >= 11 is 0. The fourth-order valence-electron chi connectivity index (χ4n) is 23.1. The predicted molar refractivity (Wildman–Crippen MR) is 525 cm³/mol. The first-order chi connectivity index (χ1) is 64.9. The van der Waals surface area contributed by atoms with Gasteiger partial charge in [0.1, 0.15) is 23.9 Å². The maximum absolute atomic E-state index is 15.6. The SMILES string of the molecule is CC(C)CCC[C@@H](C)C1CC[C@H]2[C@H]3CC[C@H]4C[C@@H](CC(=O)C[C@@H](CC(=O)O)C(=O)N[C@H]5CSSC[C@@H](C(=O)N[C@H](C(N)=O)C(C)O)CC(=O)[C@H](Cc6c[nH]c7ccccc67)NC(=O)[C@H](C(C)C)CC(=O)[C@H](CC(C)C)NC(=O)[C@H](CCC(=O)O)NC(=O)CNC(=O)[C@H](CC(C)C)NC(=O)[C@H](Cc6cnc[nH]6)CC(=O)[C@H](CC6=CCc7ccccc76)NC(=O)[C@H](C)CC5=O)CCC4(C)C3CCC12C. The van der Waals surface area contributed by atoms with Crippen molar-refractivity contribution in [3.63, 3.8) is 0 Å². The molecule has 5 fully saturated rings. The van der Waals surface area contributed by atoms with Crippen LogP contribution < -0.4 is 48.3 Å². The van der Waals surface area contributed by atoms with Gasteiger partial charge in [0.25, 0.3) is 0 Å². The zero-order valence-electron chi connectivity index (χ0n) is 82.2. The van der Waals surface area contributed by atoms with E-state index in [-0.39, 0.29) is 79.0 Å². The van der Waals surface area contributed by atoms with Gasteiger partial charge in [0.05, 0.1) is 67.3 Å². The molecule has 752 valence electrons. The first-order valence-corrected chi connectivity index (χ1v) is 52.4. The number of amides is 9. The highest BCUT2D eigenvalue weighted by molar-refractivity contribution is 8.76. The Morgan fingerprint density at radius 1 is 0.620 bits per heavy atom. The lowest BCUT2D eigenvalue weighted by molar-refractivity contribution is -0.142. The summed E-state index contributed by atoms with van der Waals surface area (Å²) in [6.07, 6.45) is 13.9. The van der Waals surface area contributed by atoms with Gasteiger partial charge >= 0.3 is 11.9 Å². The number of para-hydroxylation sites is 1. The van der Waals surface area contributed by atoms with Crippen molar-refractivity contribution in [1.29, 1.82) is 0 Å². The first-order valence-electron chi connectivity index (χ1n) is 49.9. The molecule has 5 unspecified atom stereocenters. The number of rotatable bonds is 31. The number of allylic oxidation sites excluding steroid dienone is 1. The maximum Gasteiger partial charge on any atom is 0.304 e. The number of carboxylic acids is 2. The summed E-state index contributed by atoms with van der Waals surface area (Å²) in [4.78, 5) is 243. The third-order valence-electron chi connectivity index (χ3n) is 30.7. The Hall–Kier alpha value is -9.89. The normalized spacial score (nSPS) is 29.1. The quantitative estimate of drug-likeness (QED) is 0.0208. The summed E-state index contributed by atoms with van der Waals surface area (Å²) in [5, 5.41) is 53.6. The van der Waals surface area contributed by atoms with Crippen LogP contribution in [0.4, 0.5) is 0 Å². The Labute approximate surface area is 813 Å². The Bertz CT molecular complexity index is 4970. The van der Waals surface area contributed by atoms with E-state index < -0.39 is 230 Å². The summed E-state index contributed by atoms with van der Waals surface area (Å²) in [6.45, 7) is 24.5. The standard InChI is InChI=1S/C104H150N12O19S2/c1-56(2)19-18-20-60(9)77-29-30-78-75-28-27-70-40-63(33-35-103(70,12)79(75)34-36-104(77,78)13)41-72(118)43-67(48-93(126)127)98(131)115-86-54-137-136-53-69(99(132)116-94(62(11)117)95(105)128)47-89(121)84(45-68-50-107-80-24-17-16-23-74(68)80)112-100(133)76(59(7)8)49-90(122)82(37-57(3)4)113-102(135)81(31-32-92(124)125)110-91(123)52-108-101(134)85(38-58(5)6)114-97(130)66(42-71-51-106-55-109-71)46-88(120)83(111-96(129)61(10)39-87(86)119)44-65-26-25-64-21-14-15-22-73(64)65/h14-17,21-24,26,50-51,55-63,66-67,69-70,75-79,81-86,94,107,117H,18-20,25,27-49,52-54H2,1-13H3,(H2,105,128)(H,106,109)(H,108,134)(H,110,123)(H,111,129)(H,112,133)(H,113,135)(H,114,130)(H,115,131)(H,116,132)(H,124,125)(H,126,127)/t60-,61-,62?,63+,66-,67+,69+,70+,75-,76+,77?,78+,79?,81+,82+,83+,84+,85+,86+,94+,103?,104?/m1/s1. The van der Waals surface area contributed by atoms with Crippen LogP contribution in [0.2, 0.25) is 0 Å². The van der Waals surface area contributed by atoms with Gasteiger partial charge in [0, 0.05) is 117 Å². The molecule has 9 amide bonds. The van der Waals surface area contributed by atoms with Crippen molar-refractivity contribution in [3.8, 4) is 0 Å². The number of aromatic amines is 2. The molecular weight excluding hydrogens is 1790 g/mol. The molecule has 31 nitrogen and oxygen atoms in total. The van der Waals surface area contributed by atoms with Gasteiger partial charge in [-0.2, -0.15) is 0 Å². The molecule has 5 aliphatic carbocycles. The number of carbonyl (C=O) groups is 16. The molecule has 0 radical (unpaired) electrons. The molecule has 137 heavy (non-hydrogen) atoms. The number of carbonyl (C=O) groups excluding carboxylic acids is 14. The van der Waals surface area contributed by atoms with Crippen LogP contribution in [0.25, 0.3) is 16.5 Å². The molecule has 2 aromatic carbocycles. The maximum atomic E-state index is 15.6. The smallest absolute Gasteiger partial charge is 0.304 e. The van der Waals surface area contributed by atoms with Crippen LogP contribution in [0.5, 0.6) is 0 Å². The van der Waals surface area contributed by atoms with Crippen LogP contribution in [0, 0.1) is 106 Å². The van der Waals surface area contributed by atoms with Gasteiger partial charge in [-0.05, 0) is 195 Å². The van der Waals surface area contributed by atoms with Crippen LogP contribution in [0.3, 0.4) is 0 Å². The van der Waals surface area contributed by atoms with E-state index in [0.717, 1.165) is 70.7 Å². The first kappa shape index (κ1) is 109. The van der Waals surface area contributed by atoms with Crippen molar-refractivity contribution >= 4 is 132 Å². The van der Waals surface area contributed by atoms with Crippen LogP contribution in [0.1, 0.15) is 266 Å². The summed E-state index contributed by atoms with van der Waals surface area (Å²) in [5.41, 5.74) is 10.3. The molecular formula is C104H150N12O19S2. The number of nitrogens with zero attached hydrogens (tertiary/aromatic N) is 1. The number of benzene rings is 2. The van der Waals surface area contributed by atoms with E-state index in [2.05, 4.69) is 92.1 Å². The predicted octanol–water partition coefficient (Wildman–Crippen LogP) is 11.6. The fourth-order valence-corrected chi connectivity index (χ4v) is 25.6. The molecule has 1 saturated heterocycles. The van der Waals surface area contributed by atoms with Crippen molar-refractivity contribution in [3.05, 3.63) is 95.7 Å². The van der Waals surface area contributed by atoms with Gasteiger partial charge in [-0.25, -0.2) is 4.98 Å². The van der Waals surface area contributed by atoms with E-state index in [0.29, 0.717) is 75.1 Å². The van der Waals surface area contributed by atoms with Crippen LogP contribution in [-0.2, 0) is 96.0 Å². The molecule has 33 heteroatoms. The van der Waals surface area contributed by atoms with E-state index >= 15 is 33.6 Å². The minimum atomic E-state index is -1.69. The molecule has 15 N–H and O–H groups in total. The Balaban J connectivity index is 0.971. The lowest BCUT2D eigenvalue weighted by atomic mass is 9.44. The minimum Gasteiger partial charge on any atom is -0.481 e. The number of H-pyrrole nitrogens is 2. The minimum absolute atomic E-state index is 0.000144. The number of carboxylic acid groups (broad SMARTS) is 2. The average Bonchev–Trinajstić information content (AvgIpc) is 1.66. The van der Waals surface area contributed by atoms with Crippen molar-refractivity contribution < 1.29 is 92.0 Å². The van der Waals surface area contributed by atoms with Crippen molar-refractivity contribution in [2.24, 2.45) is 111 Å². The third-order valence-corrected chi connectivity index (χ3v) is 33.1. The number of nitrogens with one attached hydrogen (secondary N) is 10. The highest BCUT2D eigenvalue weighted by Gasteiger charge is 2.61. The molecule has 1 aliphatic heterocycles. The molecule has 0 bridgehead atoms. The Kier molecular flexibility index (Phi) is 40.1. The second-order valence-corrected chi connectivity index (χ2v) is 45.1. The summed E-state index contributed by atoms with van der Waals surface area (Å²) in [6, 6.07) is 4.21. The van der Waals surface area contributed by atoms with Gasteiger partial charge < -0.3 is 73.6 Å². The van der Waals surface area contributed by atoms with E-state index in [4.69, 9.17) is 5.73 Å². The Morgan fingerprint density at radius 3 is 1.96 bits per heavy atom. The summed E-state index contributed by atoms with van der Waals surface area (Å²) < 4.78 is 0. The monoisotopic (exact) mass is 1940 g/mol. The molecule has 10 rings (SSSR count). The van der Waals surface area contributed by atoms with Gasteiger partial charge in [0.2, 0.25) is 53.2 Å². The van der Waals surface area contributed by atoms with Gasteiger partial charge in [-0.15, -0.1) is 0 Å². The number of Topliss-reactive ketones (excluding diaryl/α,β-unsaturated/α-hetero) is 5. The van der Waals surface area contributed by atoms with Crippen LogP contribution >= 0.6 is 21.6 Å². The molecule has 4 saturated carbocycles. The zero-order chi connectivity index (χ0) is 100. The van der Waals surface area contributed by atoms with Crippen molar-refractivity contribution in [2.75, 3.05) is 18.1 Å². The Morgan fingerprint density at radius 2 is 1.28 bits per heavy atom. The molecule has 3 heterocycles. The molecule has 6 aliphatic rings. The van der Waals surface area contributed by atoms with Crippen LogP contribution in [0.15, 0.2) is 73.3 Å². The zero-order valence-corrected chi connectivity index (χ0v) is 83.8. The number of imidazole rings is 1. The molecule has 22 atom stereocenters. The average molecular weight is 1940 g/mol. The van der Waals surface area contributed by atoms with E-state index in [1.807, 2.05) is 30.3 Å². The lowest BCUT2D eigenvalue weighted by Gasteiger charge is -2.61. The number of hydrogen-bond acceptors (Lipinski definition) is 20. The number of aliphatic carboxylic acids is 2. The molecule has 0 spiro atoms. The van der Waals surface area contributed by atoms with Crippen LogP contribution in [-0.4, -0.2) is 191 Å². The summed E-state index contributed by atoms with van der Waals surface area (Å²) in [7, 11) is 1.88. The number of primary amides is 1. The topological polar surface area (TPSA) is 501 Å². The van der Waals surface area contributed by atoms with Gasteiger partial charge in [-0.3, -0.25) is 76.7 Å². The van der Waals surface area contributed by atoms with Crippen molar-refractivity contribution in [1.82, 2.24) is 57.5 Å². The fraction of sp³-hybridized carbons (Fsp3) is 0.663. The second-order valence-electron chi connectivity index (χ2n) is 42.6. The largest absolute Gasteiger partial charge is 0.481 e. The lowest BCUT2D eigenvalue weighted by Crippen LogP contribution is -2.55. The number of aliphatic hydroxyl groups is 1.